The minimum atomic E-state index is -4.67. The molecule has 1 amide bonds. The van der Waals surface area contributed by atoms with Crippen molar-refractivity contribution in [3.05, 3.63) is 33.9 Å². The van der Waals surface area contributed by atoms with E-state index in [0.717, 1.165) is 12.1 Å². The Morgan fingerprint density at radius 2 is 1.88 bits per heavy atom. The van der Waals surface area contributed by atoms with Gasteiger partial charge >= 0.3 is 6.18 Å². The lowest BCUT2D eigenvalue weighted by molar-refractivity contribution is -0.384. The van der Waals surface area contributed by atoms with E-state index in [9.17, 15) is 28.1 Å². The Balaban J connectivity index is 2.76. The molecule has 0 fully saturated rings. The number of carbonyl (C=O) groups excluding carboxylic acids is 1. The maximum atomic E-state index is 12.7. The molecule has 26 heavy (non-hydrogen) atoms. The zero-order valence-electron chi connectivity index (χ0n) is 14.7. The number of hydrogen-bond donors (Lipinski definition) is 3. The Morgan fingerprint density at radius 1 is 1.27 bits per heavy atom. The van der Waals surface area contributed by atoms with Gasteiger partial charge in [-0.15, -0.1) is 0 Å². The van der Waals surface area contributed by atoms with Gasteiger partial charge in [0.1, 0.15) is 5.69 Å². The van der Waals surface area contributed by atoms with Crippen LogP contribution in [-0.4, -0.2) is 29.5 Å². The van der Waals surface area contributed by atoms with Gasteiger partial charge in [-0.1, -0.05) is 13.8 Å². The van der Waals surface area contributed by atoms with Crippen molar-refractivity contribution in [1.82, 2.24) is 5.32 Å². The maximum absolute atomic E-state index is 12.7. The van der Waals surface area contributed by atoms with Crippen molar-refractivity contribution in [2.75, 3.05) is 18.4 Å². The van der Waals surface area contributed by atoms with Crippen molar-refractivity contribution in [3.63, 3.8) is 0 Å². The van der Waals surface area contributed by atoms with E-state index in [1.54, 1.807) is 0 Å². The summed E-state index contributed by atoms with van der Waals surface area (Å²) >= 11 is 0. The van der Waals surface area contributed by atoms with Crippen LogP contribution in [0.2, 0.25) is 0 Å². The summed E-state index contributed by atoms with van der Waals surface area (Å²) in [6.07, 6.45) is -3.36. The Kier molecular flexibility index (Phi) is 7.37. The largest absolute Gasteiger partial charge is 0.416 e. The average molecular weight is 376 g/mol. The second kappa shape index (κ2) is 8.84. The van der Waals surface area contributed by atoms with Crippen LogP contribution in [0.3, 0.4) is 0 Å². The van der Waals surface area contributed by atoms with E-state index in [0.29, 0.717) is 18.9 Å². The fraction of sp³-hybridized carbons (Fsp3) is 0.562. The summed E-state index contributed by atoms with van der Waals surface area (Å²) in [5.41, 5.74) is 3.32. The fourth-order valence-corrected chi connectivity index (χ4v) is 2.44. The van der Waals surface area contributed by atoms with Gasteiger partial charge in [0.05, 0.1) is 16.0 Å². The molecule has 0 heterocycles. The SMILES string of the molecule is CCC(CC)(CN)NC(=O)CCNc1ccc(C(F)(F)F)cc1[N+](=O)[O-]. The highest BCUT2D eigenvalue weighted by molar-refractivity contribution is 5.77. The lowest BCUT2D eigenvalue weighted by Gasteiger charge is -2.31. The molecule has 10 heteroatoms. The summed E-state index contributed by atoms with van der Waals surface area (Å²) in [7, 11) is 0. The van der Waals surface area contributed by atoms with E-state index >= 15 is 0 Å². The smallest absolute Gasteiger partial charge is 0.379 e. The summed E-state index contributed by atoms with van der Waals surface area (Å²) < 4.78 is 38.0. The van der Waals surface area contributed by atoms with Crippen molar-refractivity contribution < 1.29 is 22.9 Å². The molecule has 0 aromatic heterocycles. The minimum absolute atomic E-state index is 0.0000729. The molecule has 1 aromatic carbocycles. The first-order chi connectivity index (χ1) is 12.1. The molecule has 146 valence electrons. The molecule has 0 atom stereocenters. The molecule has 1 aromatic rings. The number of nitrogens with zero attached hydrogens (tertiary/aromatic N) is 1. The summed E-state index contributed by atoms with van der Waals surface area (Å²) in [6.45, 7) is 4.12. The Morgan fingerprint density at radius 3 is 2.35 bits per heavy atom. The van der Waals surface area contributed by atoms with Crippen LogP contribution in [0.4, 0.5) is 24.5 Å². The van der Waals surface area contributed by atoms with E-state index in [4.69, 9.17) is 5.73 Å². The van der Waals surface area contributed by atoms with Crippen LogP contribution in [0.5, 0.6) is 0 Å². The van der Waals surface area contributed by atoms with E-state index in [1.807, 2.05) is 13.8 Å². The molecule has 0 radical (unpaired) electrons. The third-order valence-electron chi connectivity index (χ3n) is 4.34. The lowest BCUT2D eigenvalue weighted by atomic mass is 9.93. The zero-order valence-corrected chi connectivity index (χ0v) is 14.7. The highest BCUT2D eigenvalue weighted by Crippen LogP contribution is 2.34. The summed E-state index contributed by atoms with van der Waals surface area (Å²) in [5, 5.41) is 16.5. The monoisotopic (exact) mass is 376 g/mol. The molecule has 0 aliphatic rings. The van der Waals surface area contributed by atoms with Crippen molar-refractivity contribution in [2.24, 2.45) is 5.73 Å². The second-order valence-electron chi connectivity index (χ2n) is 5.90. The maximum Gasteiger partial charge on any atom is 0.416 e. The van der Waals surface area contributed by atoms with Crippen LogP contribution >= 0.6 is 0 Å². The molecule has 0 aliphatic carbocycles. The number of nitro benzene ring substituents is 1. The topological polar surface area (TPSA) is 110 Å². The Labute approximate surface area is 149 Å². The first-order valence-electron chi connectivity index (χ1n) is 8.19. The third-order valence-corrected chi connectivity index (χ3v) is 4.34. The van der Waals surface area contributed by atoms with Gasteiger partial charge in [0, 0.05) is 25.6 Å². The summed E-state index contributed by atoms with van der Waals surface area (Å²) in [6, 6.07) is 2.21. The number of carbonyl (C=O) groups is 1. The molecular formula is C16H23F3N4O3. The first kappa shape index (κ1) is 21.7. The van der Waals surface area contributed by atoms with E-state index in [-0.39, 0.29) is 31.1 Å². The molecule has 0 aliphatic heterocycles. The Hall–Kier alpha value is -2.36. The minimum Gasteiger partial charge on any atom is -0.379 e. The predicted octanol–water partition coefficient (Wildman–Crippen LogP) is 3.05. The summed E-state index contributed by atoms with van der Waals surface area (Å²) in [4.78, 5) is 22.2. The van der Waals surface area contributed by atoms with E-state index < -0.39 is 27.9 Å². The number of halogens is 3. The number of nitrogens with two attached hydrogens (primary N) is 1. The van der Waals surface area contributed by atoms with Gasteiger partial charge in [0.15, 0.2) is 0 Å². The quantitative estimate of drug-likeness (QED) is 0.453. The second-order valence-corrected chi connectivity index (χ2v) is 5.90. The molecule has 7 nitrogen and oxygen atoms in total. The first-order valence-corrected chi connectivity index (χ1v) is 8.19. The molecule has 0 saturated heterocycles. The van der Waals surface area contributed by atoms with Crippen molar-refractivity contribution in [2.45, 2.75) is 44.8 Å². The highest BCUT2D eigenvalue weighted by Gasteiger charge is 2.33. The van der Waals surface area contributed by atoms with Crippen LogP contribution in [0.15, 0.2) is 18.2 Å². The van der Waals surface area contributed by atoms with Gasteiger partial charge in [0.2, 0.25) is 5.91 Å². The van der Waals surface area contributed by atoms with Gasteiger partial charge in [-0.25, -0.2) is 0 Å². The number of benzene rings is 1. The predicted molar refractivity (Wildman–Crippen MR) is 91.7 cm³/mol. The zero-order chi connectivity index (χ0) is 20.0. The molecular weight excluding hydrogens is 353 g/mol. The lowest BCUT2D eigenvalue weighted by Crippen LogP contribution is -2.53. The number of anilines is 1. The number of amides is 1. The molecule has 0 spiro atoms. The Bertz CT molecular complexity index is 638. The van der Waals surface area contributed by atoms with Crippen LogP contribution in [0, 0.1) is 10.1 Å². The molecule has 0 bridgehead atoms. The average Bonchev–Trinajstić information content (AvgIpc) is 2.59. The van der Waals surface area contributed by atoms with Gasteiger partial charge < -0.3 is 16.4 Å². The number of hydrogen-bond acceptors (Lipinski definition) is 5. The molecule has 4 N–H and O–H groups in total. The summed E-state index contributed by atoms with van der Waals surface area (Å²) in [5.74, 6) is -0.291. The molecule has 0 unspecified atom stereocenters. The molecule has 0 saturated carbocycles. The highest BCUT2D eigenvalue weighted by atomic mass is 19.4. The van der Waals surface area contributed by atoms with Gasteiger partial charge in [-0.2, -0.15) is 13.2 Å². The number of alkyl halides is 3. The van der Waals surface area contributed by atoms with Gasteiger partial charge in [-0.05, 0) is 25.0 Å². The van der Waals surface area contributed by atoms with Crippen LogP contribution in [0.1, 0.15) is 38.7 Å². The van der Waals surface area contributed by atoms with Crippen LogP contribution in [-0.2, 0) is 11.0 Å². The number of nitrogens with one attached hydrogen (secondary N) is 2. The van der Waals surface area contributed by atoms with Crippen LogP contribution in [0.25, 0.3) is 0 Å². The fourth-order valence-electron chi connectivity index (χ4n) is 2.44. The van der Waals surface area contributed by atoms with Crippen molar-refractivity contribution in [3.8, 4) is 0 Å². The number of rotatable bonds is 9. The van der Waals surface area contributed by atoms with Gasteiger partial charge in [-0.3, -0.25) is 14.9 Å². The molecule has 1 rings (SSSR count). The van der Waals surface area contributed by atoms with Gasteiger partial charge in [0.25, 0.3) is 5.69 Å². The van der Waals surface area contributed by atoms with Crippen molar-refractivity contribution >= 4 is 17.3 Å². The third kappa shape index (κ3) is 5.58. The van der Waals surface area contributed by atoms with E-state index in [1.165, 1.54) is 0 Å². The van der Waals surface area contributed by atoms with Crippen LogP contribution < -0.4 is 16.4 Å². The number of nitro groups is 1. The standard InChI is InChI=1S/C16H23F3N4O3/c1-3-15(4-2,10-20)22-14(24)7-8-21-12-6-5-11(16(17,18)19)9-13(12)23(25)26/h5-6,9,21H,3-4,7-8,10,20H2,1-2H3,(H,22,24). The van der Waals surface area contributed by atoms with Crippen molar-refractivity contribution in [1.29, 1.82) is 0 Å². The normalized spacial score (nSPS) is 11.9. The van der Waals surface area contributed by atoms with E-state index in [2.05, 4.69) is 10.6 Å².